The van der Waals surface area contributed by atoms with Gasteiger partial charge in [0.05, 0.1) is 0 Å². The Kier molecular flexibility index (Phi) is 8.14. The van der Waals surface area contributed by atoms with Crippen LogP contribution in [0.1, 0.15) is 105 Å². The van der Waals surface area contributed by atoms with E-state index in [2.05, 4.69) is 72.7 Å². The molecule has 0 aliphatic rings. The summed E-state index contributed by atoms with van der Waals surface area (Å²) in [6.07, 6.45) is 8.01. The Labute approximate surface area is 168 Å². The summed E-state index contributed by atoms with van der Waals surface area (Å²) >= 11 is 0. The number of rotatable bonds is 9. The number of aryl methyl sites for hydroxylation is 2. The van der Waals surface area contributed by atoms with Gasteiger partial charge in [0.1, 0.15) is 0 Å². The fourth-order valence-electron chi connectivity index (χ4n) is 5.16. The van der Waals surface area contributed by atoms with Gasteiger partial charge in [0.25, 0.3) is 0 Å². The molecule has 2 rings (SSSR count). The van der Waals surface area contributed by atoms with Gasteiger partial charge in [0, 0.05) is 5.92 Å². The molecule has 0 saturated heterocycles. The lowest BCUT2D eigenvalue weighted by Crippen LogP contribution is -2.12. The molecular formula is C27H40. The van der Waals surface area contributed by atoms with Crippen molar-refractivity contribution in [1.29, 1.82) is 0 Å². The molecule has 0 atom stereocenters. The molecule has 0 heteroatoms. The van der Waals surface area contributed by atoms with Crippen LogP contribution in [0, 0.1) is 0 Å². The zero-order valence-electron chi connectivity index (χ0n) is 18.8. The molecule has 0 amide bonds. The molecule has 0 fully saturated rings. The van der Waals surface area contributed by atoms with E-state index < -0.39 is 0 Å². The van der Waals surface area contributed by atoms with E-state index in [4.69, 9.17) is 0 Å². The van der Waals surface area contributed by atoms with Crippen LogP contribution in [0.25, 0.3) is 0 Å². The molecule has 2 aromatic rings. The Balaban J connectivity index is 2.71. The van der Waals surface area contributed by atoms with Crippen molar-refractivity contribution in [3.05, 3.63) is 68.8 Å². The van der Waals surface area contributed by atoms with E-state index >= 15 is 0 Å². The largest absolute Gasteiger partial charge is 0.0645 e. The molecule has 0 radical (unpaired) electrons. The quantitative estimate of drug-likeness (QED) is 0.429. The highest BCUT2D eigenvalue weighted by Gasteiger charge is 2.22. The minimum Gasteiger partial charge on any atom is -0.0645 e. The molecule has 0 bridgehead atoms. The van der Waals surface area contributed by atoms with Crippen molar-refractivity contribution in [2.45, 2.75) is 99.3 Å². The molecule has 0 saturated carbocycles. The lowest BCUT2D eigenvalue weighted by atomic mass is 9.78. The maximum Gasteiger partial charge on any atom is 0.00923 e. The van der Waals surface area contributed by atoms with Gasteiger partial charge in [-0.05, 0) is 89.5 Å². The van der Waals surface area contributed by atoms with Crippen LogP contribution in [0.4, 0.5) is 0 Å². The molecule has 0 unspecified atom stereocenters. The second-order valence-corrected chi connectivity index (χ2v) is 7.62. The number of hydrogen-bond donors (Lipinski definition) is 0. The Morgan fingerprint density at radius 3 is 1.11 bits per heavy atom. The molecular weight excluding hydrogens is 324 g/mol. The summed E-state index contributed by atoms with van der Waals surface area (Å²) in [5, 5.41) is 0. The maximum absolute atomic E-state index is 2.45. The van der Waals surface area contributed by atoms with Crippen LogP contribution in [-0.4, -0.2) is 0 Å². The first-order chi connectivity index (χ1) is 13.1. The van der Waals surface area contributed by atoms with Gasteiger partial charge in [-0.3, -0.25) is 0 Å². The lowest BCUT2D eigenvalue weighted by molar-refractivity contribution is 0.744. The minimum absolute atomic E-state index is 0.516. The Hall–Kier alpha value is -1.56. The van der Waals surface area contributed by atoms with Gasteiger partial charge in [0.15, 0.2) is 0 Å². The number of benzene rings is 2. The van der Waals surface area contributed by atoms with Crippen LogP contribution in [0.15, 0.2) is 24.3 Å². The van der Waals surface area contributed by atoms with E-state index in [-0.39, 0.29) is 0 Å². The van der Waals surface area contributed by atoms with Crippen molar-refractivity contribution < 1.29 is 0 Å². The van der Waals surface area contributed by atoms with Crippen molar-refractivity contribution in [3.63, 3.8) is 0 Å². The van der Waals surface area contributed by atoms with Gasteiger partial charge in [0.2, 0.25) is 0 Å². The first-order valence-electron chi connectivity index (χ1n) is 11.4. The summed E-state index contributed by atoms with van der Waals surface area (Å²) in [5.74, 6) is 0.516. The average molecular weight is 365 g/mol. The summed E-state index contributed by atoms with van der Waals surface area (Å²) < 4.78 is 0. The first-order valence-corrected chi connectivity index (χ1v) is 11.4. The first kappa shape index (κ1) is 21.7. The number of hydrogen-bond acceptors (Lipinski definition) is 0. The van der Waals surface area contributed by atoms with Crippen LogP contribution >= 0.6 is 0 Å². The van der Waals surface area contributed by atoms with Crippen LogP contribution < -0.4 is 0 Å². The molecule has 0 aliphatic carbocycles. The highest BCUT2D eigenvalue weighted by molar-refractivity contribution is 5.50. The van der Waals surface area contributed by atoms with Crippen LogP contribution in [0.2, 0.25) is 0 Å². The zero-order valence-corrected chi connectivity index (χ0v) is 18.8. The van der Waals surface area contributed by atoms with E-state index in [0.717, 1.165) is 38.5 Å². The van der Waals surface area contributed by atoms with E-state index in [0.29, 0.717) is 5.92 Å². The second-order valence-electron chi connectivity index (χ2n) is 7.62. The topological polar surface area (TPSA) is 0 Å². The van der Waals surface area contributed by atoms with Gasteiger partial charge in [-0.1, -0.05) is 72.7 Å². The fraction of sp³-hybridized carbons (Fsp3) is 0.556. The lowest BCUT2D eigenvalue weighted by Gasteiger charge is -2.27. The third kappa shape index (κ3) is 4.15. The molecule has 0 heterocycles. The predicted molar refractivity (Wildman–Crippen MR) is 121 cm³/mol. The van der Waals surface area contributed by atoms with Crippen LogP contribution in [0.5, 0.6) is 0 Å². The molecule has 0 nitrogen and oxygen atoms in total. The van der Waals surface area contributed by atoms with Gasteiger partial charge >= 0.3 is 0 Å². The summed E-state index contributed by atoms with van der Waals surface area (Å²) in [6.45, 7) is 16.3. The van der Waals surface area contributed by atoms with Crippen molar-refractivity contribution >= 4 is 0 Å². The second kappa shape index (κ2) is 10.1. The van der Waals surface area contributed by atoms with E-state index in [1.807, 2.05) is 0 Å². The van der Waals surface area contributed by atoms with Gasteiger partial charge < -0.3 is 0 Å². The van der Waals surface area contributed by atoms with Crippen molar-refractivity contribution in [2.75, 3.05) is 0 Å². The predicted octanol–water partition coefficient (Wildman–Crippen LogP) is 7.60. The molecule has 0 aliphatic heterocycles. The minimum atomic E-state index is 0.516. The van der Waals surface area contributed by atoms with Gasteiger partial charge in [-0.15, -0.1) is 0 Å². The van der Waals surface area contributed by atoms with Gasteiger partial charge in [-0.25, -0.2) is 0 Å². The van der Waals surface area contributed by atoms with Crippen LogP contribution in [-0.2, 0) is 38.5 Å². The van der Waals surface area contributed by atoms with E-state index in [1.54, 1.807) is 44.5 Å². The van der Waals surface area contributed by atoms with Crippen molar-refractivity contribution in [1.82, 2.24) is 0 Å². The van der Waals surface area contributed by atoms with Crippen molar-refractivity contribution in [2.24, 2.45) is 0 Å². The smallest absolute Gasteiger partial charge is 0.00923 e. The Morgan fingerprint density at radius 1 is 0.481 bits per heavy atom. The van der Waals surface area contributed by atoms with Crippen molar-refractivity contribution in [3.8, 4) is 0 Å². The Morgan fingerprint density at radius 2 is 0.852 bits per heavy atom. The average Bonchev–Trinajstić information content (AvgIpc) is 2.72. The molecule has 2 aromatic carbocycles. The molecule has 0 spiro atoms. The molecule has 148 valence electrons. The molecule has 0 aromatic heterocycles. The molecule has 27 heavy (non-hydrogen) atoms. The Bertz CT molecular complexity index is 688. The van der Waals surface area contributed by atoms with Crippen LogP contribution in [0.3, 0.4) is 0 Å². The summed E-state index contributed by atoms with van der Waals surface area (Å²) in [4.78, 5) is 0. The monoisotopic (exact) mass is 364 g/mol. The fourth-order valence-corrected chi connectivity index (χ4v) is 5.16. The zero-order chi connectivity index (χ0) is 20.0. The SMILES string of the molecule is CCc1ccc(C(CC)c2ccc(CC)c(CC)c2CC)c(CC)c1CC. The third-order valence-electron chi connectivity index (χ3n) is 6.46. The van der Waals surface area contributed by atoms with E-state index in [9.17, 15) is 0 Å². The third-order valence-corrected chi connectivity index (χ3v) is 6.46. The summed E-state index contributed by atoms with van der Waals surface area (Å²) in [7, 11) is 0. The summed E-state index contributed by atoms with van der Waals surface area (Å²) in [6, 6.07) is 9.71. The van der Waals surface area contributed by atoms with E-state index in [1.165, 1.54) is 6.42 Å². The normalized spacial score (nSPS) is 11.4. The summed E-state index contributed by atoms with van der Waals surface area (Å²) in [5.41, 5.74) is 12.7. The van der Waals surface area contributed by atoms with Gasteiger partial charge in [-0.2, -0.15) is 0 Å². The highest BCUT2D eigenvalue weighted by Crippen LogP contribution is 2.37. The standard InChI is InChI=1S/C27H40/c1-8-19-15-17-26(23(12-5)21(19)10-3)25(14-7)27-18-16-20(9-2)22(11-4)24(27)13-6/h15-18,25H,8-14H2,1-7H3. The highest BCUT2D eigenvalue weighted by atomic mass is 14.3. The maximum atomic E-state index is 2.45. The molecule has 0 N–H and O–H groups in total.